The van der Waals surface area contributed by atoms with Gasteiger partial charge in [-0.05, 0) is 74.7 Å². The third-order valence-electron chi connectivity index (χ3n) is 6.81. The van der Waals surface area contributed by atoms with E-state index in [1.54, 1.807) is 0 Å². The lowest BCUT2D eigenvalue weighted by atomic mass is 9.65. The van der Waals surface area contributed by atoms with E-state index in [4.69, 9.17) is 0 Å². The van der Waals surface area contributed by atoms with Crippen LogP contribution < -0.4 is 5.32 Å². The van der Waals surface area contributed by atoms with Crippen LogP contribution in [0.2, 0.25) is 0 Å². The molecule has 0 aromatic rings. The second-order valence-electron chi connectivity index (χ2n) is 8.98. The molecular weight excluding hydrogens is 254 g/mol. The van der Waals surface area contributed by atoms with Crippen molar-refractivity contribution in [3.05, 3.63) is 0 Å². The zero-order valence-corrected chi connectivity index (χ0v) is 15.3. The van der Waals surface area contributed by atoms with E-state index in [2.05, 4.69) is 40.1 Å². The lowest BCUT2D eigenvalue weighted by Crippen LogP contribution is -2.43. The second kappa shape index (κ2) is 7.49. The molecule has 0 aliphatic heterocycles. The zero-order valence-electron chi connectivity index (χ0n) is 15.3. The molecule has 1 N–H and O–H groups in total. The van der Waals surface area contributed by atoms with Crippen molar-refractivity contribution in [3.8, 4) is 0 Å². The van der Waals surface area contributed by atoms with Crippen molar-refractivity contribution in [2.24, 2.45) is 29.1 Å². The van der Waals surface area contributed by atoms with Crippen LogP contribution in [0.5, 0.6) is 0 Å². The van der Waals surface area contributed by atoms with Crippen LogP contribution in [-0.4, -0.2) is 13.1 Å². The van der Waals surface area contributed by atoms with Crippen molar-refractivity contribution >= 4 is 0 Å². The molecule has 0 bridgehead atoms. The molecular formula is C20H39N. The summed E-state index contributed by atoms with van der Waals surface area (Å²) >= 11 is 0. The van der Waals surface area contributed by atoms with Gasteiger partial charge in [0.1, 0.15) is 0 Å². The maximum absolute atomic E-state index is 3.73. The first-order valence-electron chi connectivity index (χ1n) is 9.63. The molecule has 21 heavy (non-hydrogen) atoms. The van der Waals surface area contributed by atoms with E-state index in [1.807, 2.05) is 0 Å². The molecule has 1 nitrogen and oxygen atoms in total. The Morgan fingerprint density at radius 2 is 1.33 bits per heavy atom. The van der Waals surface area contributed by atoms with Crippen molar-refractivity contribution < 1.29 is 0 Å². The monoisotopic (exact) mass is 293 g/mol. The van der Waals surface area contributed by atoms with Crippen molar-refractivity contribution in [1.29, 1.82) is 0 Å². The molecule has 1 heteroatoms. The SMILES string of the molecule is CCC1CCC(C(NC)C2CCC(C(C)(C)C)CC2)CC1. The molecule has 0 amide bonds. The molecule has 1 atom stereocenters. The highest BCUT2D eigenvalue weighted by Gasteiger charge is 2.36. The molecule has 2 fully saturated rings. The Bertz CT molecular complexity index is 287. The third kappa shape index (κ3) is 4.47. The smallest absolute Gasteiger partial charge is 0.0121 e. The molecule has 0 radical (unpaired) electrons. The quantitative estimate of drug-likeness (QED) is 0.707. The molecule has 0 saturated heterocycles. The highest BCUT2D eigenvalue weighted by atomic mass is 14.9. The Morgan fingerprint density at radius 1 is 0.857 bits per heavy atom. The highest BCUT2D eigenvalue weighted by Crippen LogP contribution is 2.43. The van der Waals surface area contributed by atoms with E-state index in [-0.39, 0.29) is 0 Å². The van der Waals surface area contributed by atoms with Gasteiger partial charge in [0.15, 0.2) is 0 Å². The normalized spacial score (nSPS) is 36.4. The molecule has 0 aromatic carbocycles. The van der Waals surface area contributed by atoms with Gasteiger partial charge < -0.3 is 5.32 Å². The summed E-state index contributed by atoms with van der Waals surface area (Å²) in [5.74, 6) is 3.86. The van der Waals surface area contributed by atoms with E-state index >= 15 is 0 Å². The van der Waals surface area contributed by atoms with E-state index in [0.29, 0.717) is 5.41 Å². The predicted molar refractivity (Wildman–Crippen MR) is 93.5 cm³/mol. The Kier molecular flexibility index (Phi) is 6.17. The van der Waals surface area contributed by atoms with Crippen LogP contribution in [0.15, 0.2) is 0 Å². The molecule has 2 saturated carbocycles. The molecule has 1 unspecified atom stereocenters. The molecule has 0 heterocycles. The van der Waals surface area contributed by atoms with Crippen LogP contribution in [0, 0.1) is 29.1 Å². The summed E-state index contributed by atoms with van der Waals surface area (Å²) < 4.78 is 0. The minimum atomic E-state index is 0.513. The number of hydrogen-bond donors (Lipinski definition) is 1. The van der Waals surface area contributed by atoms with Crippen molar-refractivity contribution in [2.75, 3.05) is 7.05 Å². The largest absolute Gasteiger partial charge is 0.316 e. The minimum Gasteiger partial charge on any atom is -0.316 e. The van der Waals surface area contributed by atoms with Crippen LogP contribution in [0.25, 0.3) is 0 Å². The van der Waals surface area contributed by atoms with Gasteiger partial charge in [0.05, 0.1) is 0 Å². The third-order valence-corrected chi connectivity index (χ3v) is 6.81. The maximum Gasteiger partial charge on any atom is 0.0121 e. The van der Waals surface area contributed by atoms with Crippen LogP contribution in [0.1, 0.15) is 85.5 Å². The number of hydrogen-bond acceptors (Lipinski definition) is 1. The van der Waals surface area contributed by atoms with Gasteiger partial charge in [0.25, 0.3) is 0 Å². The van der Waals surface area contributed by atoms with E-state index in [0.717, 1.165) is 29.7 Å². The van der Waals surface area contributed by atoms with E-state index in [9.17, 15) is 0 Å². The van der Waals surface area contributed by atoms with Crippen molar-refractivity contribution in [2.45, 2.75) is 91.5 Å². The highest BCUT2D eigenvalue weighted by molar-refractivity contribution is 4.90. The van der Waals surface area contributed by atoms with E-state index < -0.39 is 0 Å². The van der Waals surface area contributed by atoms with Crippen LogP contribution in [0.3, 0.4) is 0 Å². The van der Waals surface area contributed by atoms with Crippen molar-refractivity contribution in [3.63, 3.8) is 0 Å². The average molecular weight is 294 g/mol. The summed E-state index contributed by atoms with van der Waals surface area (Å²) in [4.78, 5) is 0. The van der Waals surface area contributed by atoms with Gasteiger partial charge in [-0.15, -0.1) is 0 Å². The number of rotatable bonds is 4. The van der Waals surface area contributed by atoms with Gasteiger partial charge in [0.2, 0.25) is 0 Å². The topological polar surface area (TPSA) is 12.0 Å². The second-order valence-corrected chi connectivity index (χ2v) is 8.98. The molecule has 2 aliphatic rings. The summed E-state index contributed by atoms with van der Waals surface area (Å²) in [5, 5.41) is 3.73. The molecule has 2 aliphatic carbocycles. The fraction of sp³-hybridized carbons (Fsp3) is 1.00. The summed E-state index contributed by atoms with van der Waals surface area (Å²) in [7, 11) is 2.21. The van der Waals surface area contributed by atoms with Gasteiger partial charge in [-0.1, -0.05) is 47.0 Å². The molecule has 2 rings (SSSR count). The van der Waals surface area contributed by atoms with Gasteiger partial charge in [-0.25, -0.2) is 0 Å². The minimum absolute atomic E-state index is 0.513. The Labute approximate surface area is 133 Å². The van der Waals surface area contributed by atoms with Gasteiger partial charge in [-0.2, -0.15) is 0 Å². The fourth-order valence-electron chi connectivity index (χ4n) is 5.16. The average Bonchev–Trinajstić information content (AvgIpc) is 2.48. The lowest BCUT2D eigenvalue weighted by molar-refractivity contribution is 0.104. The van der Waals surface area contributed by atoms with Crippen molar-refractivity contribution in [1.82, 2.24) is 5.32 Å². The first-order valence-corrected chi connectivity index (χ1v) is 9.63. The Balaban J connectivity index is 1.85. The maximum atomic E-state index is 3.73. The summed E-state index contributed by atoms with van der Waals surface area (Å²) in [6.45, 7) is 9.66. The Hall–Kier alpha value is -0.0400. The molecule has 0 spiro atoms. The van der Waals surface area contributed by atoms with Crippen LogP contribution >= 0.6 is 0 Å². The molecule has 0 aromatic heterocycles. The zero-order chi connectivity index (χ0) is 15.5. The standard InChI is InChI=1S/C20H39N/c1-6-15-7-9-16(10-8-15)19(21-5)17-11-13-18(14-12-17)20(2,3)4/h15-19,21H,6-14H2,1-5H3. The molecule has 124 valence electrons. The first kappa shape index (κ1) is 17.3. The van der Waals surface area contributed by atoms with E-state index in [1.165, 1.54) is 57.8 Å². The summed E-state index contributed by atoms with van der Waals surface area (Å²) in [6.07, 6.45) is 13.1. The van der Waals surface area contributed by atoms with Crippen LogP contribution in [-0.2, 0) is 0 Å². The van der Waals surface area contributed by atoms with Gasteiger partial charge >= 0.3 is 0 Å². The van der Waals surface area contributed by atoms with Crippen LogP contribution in [0.4, 0.5) is 0 Å². The van der Waals surface area contributed by atoms with Gasteiger partial charge in [0, 0.05) is 6.04 Å². The summed E-state index contributed by atoms with van der Waals surface area (Å²) in [5.41, 5.74) is 0.513. The first-order chi connectivity index (χ1) is 9.95. The Morgan fingerprint density at radius 3 is 1.71 bits per heavy atom. The predicted octanol–water partition coefficient (Wildman–Crippen LogP) is 5.64. The lowest BCUT2D eigenvalue weighted by Gasteiger charge is -2.43. The number of nitrogens with one attached hydrogen (secondary N) is 1. The summed E-state index contributed by atoms with van der Waals surface area (Å²) in [6, 6.07) is 0.795. The van der Waals surface area contributed by atoms with Gasteiger partial charge in [-0.3, -0.25) is 0 Å². The fourth-order valence-corrected chi connectivity index (χ4v) is 5.16.